The largest absolute Gasteiger partial charge is 0.459 e. The first-order chi connectivity index (χ1) is 10.1. The zero-order valence-electron chi connectivity index (χ0n) is 10.8. The highest BCUT2D eigenvalue weighted by atomic mass is 35.5. The zero-order chi connectivity index (χ0) is 15.2. The average Bonchev–Trinajstić information content (AvgIpc) is 2.96. The molecule has 1 amide bonds. The molecular formula is C14H11Cl2NO4. The lowest BCUT2D eigenvalue weighted by Crippen LogP contribution is -2.26. The Balaban J connectivity index is 1.78. The summed E-state index contributed by atoms with van der Waals surface area (Å²) >= 11 is 11.6. The van der Waals surface area contributed by atoms with E-state index in [4.69, 9.17) is 32.4 Å². The number of carbonyl (C=O) groups is 2. The minimum Gasteiger partial charge on any atom is -0.459 e. The lowest BCUT2D eigenvalue weighted by atomic mass is 10.3. The normalized spacial score (nSPS) is 10.2. The summed E-state index contributed by atoms with van der Waals surface area (Å²) in [5.74, 6) is -0.496. The number of amides is 1. The van der Waals surface area contributed by atoms with Gasteiger partial charge in [-0.2, -0.15) is 0 Å². The predicted octanol–water partition coefficient (Wildman–Crippen LogP) is 3.31. The van der Waals surface area contributed by atoms with Gasteiger partial charge in [-0.3, -0.25) is 9.59 Å². The number of nitrogens with one attached hydrogen (secondary N) is 1. The van der Waals surface area contributed by atoms with Gasteiger partial charge in [-0.05, 0) is 30.3 Å². The molecule has 0 fully saturated rings. The van der Waals surface area contributed by atoms with Gasteiger partial charge in [0.25, 0.3) is 5.91 Å². The van der Waals surface area contributed by atoms with Crippen LogP contribution in [0.1, 0.15) is 17.0 Å². The van der Waals surface area contributed by atoms with E-state index in [2.05, 4.69) is 5.32 Å². The molecule has 2 rings (SSSR count). The summed E-state index contributed by atoms with van der Waals surface area (Å²) in [5, 5.41) is 3.23. The number of carbonyl (C=O) groups excluding carboxylic acids is 2. The maximum absolute atomic E-state index is 11.6. The predicted molar refractivity (Wildman–Crippen MR) is 77.8 cm³/mol. The summed E-state index contributed by atoms with van der Waals surface area (Å²) in [6, 6.07) is 7.68. The first-order valence-corrected chi connectivity index (χ1v) is 6.79. The van der Waals surface area contributed by atoms with Crippen LogP contribution in [0.4, 0.5) is 0 Å². The van der Waals surface area contributed by atoms with Gasteiger partial charge in [0.2, 0.25) is 0 Å². The Kier molecular flexibility index (Phi) is 5.25. The van der Waals surface area contributed by atoms with E-state index in [0.717, 1.165) is 0 Å². The minimum absolute atomic E-state index is 0.00536. The van der Waals surface area contributed by atoms with Crippen molar-refractivity contribution in [3.63, 3.8) is 0 Å². The SMILES string of the molecule is O=C(CCNC(=O)c1ccco1)Oc1ccc(Cl)cc1Cl. The van der Waals surface area contributed by atoms with Crippen molar-refractivity contribution in [2.24, 2.45) is 0 Å². The van der Waals surface area contributed by atoms with Crippen molar-refractivity contribution in [1.82, 2.24) is 5.32 Å². The molecule has 0 unspecified atom stereocenters. The highest BCUT2D eigenvalue weighted by Gasteiger charge is 2.11. The van der Waals surface area contributed by atoms with Gasteiger partial charge in [-0.1, -0.05) is 23.2 Å². The van der Waals surface area contributed by atoms with Crippen LogP contribution in [0.2, 0.25) is 10.0 Å². The Morgan fingerprint density at radius 3 is 2.71 bits per heavy atom. The van der Waals surface area contributed by atoms with E-state index in [0.29, 0.717) is 5.02 Å². The van der Waals surface area contributed by atoms with E-state index in [1.807, 2.05) is 0 Å². The van der Waals surface area contributed by atoms with Crippen LogP contribution in [-0.2, 0) is 4.79 Å². The van der Waals surface area contributed by atoms with Gasteiger partial charge < -0.3 is 14.5 Å². The quantitative estimate of drug-likeness (QED) is 0.675. The molecule has 1 aromatic heterocycles. The Labute approximate surface area is 130 Å². The molecule has 1 N–H and O–H groups in total. The van der Waals surface area contributed by atoms with E-state index in [9.17, 15) is 9.59 Å². The molecule has 0 saturated carbocycles. The van der Waals surface area contributed by atoms with Crippen LogP contribution < -0.4 is 10.1 Å². The van der Waals surface area contributed by atoms with Crippen LogP contribution in [0.25, 0.3) is 0 Å². The Morgan fingerprint density at radius 2 is 2.05 bits per heavy atom. The second-order valence-electron chi connectivity index (χ2n) is 4.03. The third kappa shape index (κ3) is 4.51. The molecule has 1 aromatic carbocycles. The van der Waals surface area contributed by atoms with Crippen molar-refractivity contribution in [3.05, 3.63) is 52.4 Å². The van der Waals surface area contributed by atoms with Gasteiger partial charge in [0.15, 0.2) is 5.76 Å². The summed E-state index contributed by atoms with van der Waals surface area (Å²) in [6.07, 6.45) is 1.40. The van der Waals surface area contributed by atoms with Crippen LogP contribution >= 0.6 is 23.2 Å². The Bertz CT molecular complexity index is 640. The topological polar surface area (TPSA) is 68.5 Å². The van der Waals surface area contributed by atoms with Crippen molar-refractivity contribution in [2.45, 2.75) is 6.42 Å². The third-order valence-corrected chi connectivity index (χ3v) is 3.01. The maximum atomic E-state index is 11.6. The number of esters is 1. The molecule has 0 aliphatic rings. The van der Waals surface area contributed by atoms with E-state index < -0.39 is 11.9 Å². The first kappa shape index (κ1) is 15.4. The van der Waals surface area contributed by atoms with E-state index in [1.54, 1.807) is 12.1 Å². The fourth-order valence-electron chi connectivity index (χ4n) is 1.50. The molecule has 0 aliphatic carbocycles. The third-order valence-electron chi connectivity index (χ3n) is 2.48. The van der Waals surface area contributed by atoms with E-state index in [-0.39, 0.29) is 29.5 Å². The molecule has 0 aliphatic heterocycles. The highest BCUT2D eigenvalue weighted by Crippen LogP contribution is 2.27. The van der Waals surface area contributed by atoms with Gasteiger partial charge in [0, 0.05) is 11.6 Å². The van der Waals surface area contributed by atoms with Gasteiger partial charge in [-0.25, -0.2) is 0 Å². The summed E-state index contributed by atoms with van der Waals surface area (Å²) in [7, 11) is 0. The number of hydrogen-bond donors (Lipinski definition) is 1. The lowest BCUT2D eigenvalue weighted by molar-refractivity contribution is -0.134. The highest BCUT2D eigenvalue weighted by molar-refractivity contribution is 6.35. The molecule has 7 heteroatoms. The van der Waals surface area contributed by atoms with Crippen LogP contribution in [0, 0.1) is 0 Å². The van der Waals surface area contributed by atoms with Crippen molar-refractivity contribution in [2.75, 3.05) is 6.54 Å². The number of rotatable bonds is 5. The van der Waals surface area contributed by atoms with Crippen molar-refractivity contribution in [3.8, 4) is 5.75 Å². The minimum atomic E-state index is -0.515. The number of benzene rings is 1. The van der Waals surface area contributed by atoms with Crippen molar-refractivity contribution >= 4 is 35.1 Å². The smallest absolute Gasteiger partial charge is 0.313 e. The molecule has 5 nitrogen and oxygen atoms in total. The number of hydrogen-bond acceptors (Lipinski definition) is 4. The molecule has 110 valence electrons. The fourth-order valence-corrected chi connectivity index (χ4v) is 1.95. The Hall–Kier alpha value is -1.98. The molecule has 0 radical (unpaired) electrons. The first-order valence-electron chi connectivity index (χ1n) is 6.03. The van der Waals surface area contributed by atoms with Gasteiger partial charge in [-0.15, -0.1) is 0 Å². The second-order valence-corrected chi connectivity index (χ2v) is 4.88. The van der Waals surface area contributed by atoms with E-state index >= 15 is 0 Å². The summed E-state index contributed by atoms with van der Waals surface area (Å²) in [6.45, 7) is 0.129. The number of ether oxygens (including phenoxy) is 1. The summed E-state index contributed by atoms with van der Waals surface area (Å²) in [5.41, 5.74) is 0. The lowest BCUT2D eigenvalue weighted by Gasteiger charge is -2.07. The van der Waals surface area contributed by atoms with Gasteiger partial charge in [0.05, 0.1) is 17.7 Å². The monoisotopic (exact) mass is 327 g/mol. The second kappa shape index (κ2) is 7.15. The van der Waals surface area contributed by atoms with Crippen molar-refractivity contribution < 1.29 is 18.7 Å². The molecular weight excluding hydrogens is 317 g/mol. The molecule has 0 spiro atoms. The van der Waals surface area contributed by atoms with Crippen LogP contribution in [0.3, 0.4) is 0 Å². The van der Waals surface area contributed by atoms with Crippen LogP contribution in [0.15, 0.2) is 41.0 Å². The molecule has 0 atom stereocenters. The average molecular weight is 328 g/mol. The maximum Gasteiger partial charge on any atom is 0.313 e. The molecule has 0 saturated heterocycles. The van der Waals surface area contributed by atoms with Gasteiger partial charge >= 0.3 is 5.97 Å². The number of halogens is 2. The summed E-state index contributed by atoms with van der Waals surface area (Å²) < 4.78 is 9.99. The van der Waals surface area contributed by atoms with Crippen LogP contribution in [-0.4, -0.2) is 18.4 Å². The summed E-state index contributed by atoms with van der Waals surface area (Å²) in [4.78, 5) is 23.2. The molecule has 0 bridgehead atoms. The van der Waals surface area contributed by atoms with E-state index in [1.165, 1.54) is 24.5 Å². The van der Waals surface area contributed by atoms with Crippen molar-refractivity contribution in [1.29, 1.82) is 0 Å². The standard InChI is InChI=1S/C14H11Cl2NO4/c15-9-3-4-11(10(16)8-9)21-13(18)5-6-17-14(19)12-2-1-7-20-12/h1-4,7-8H,5-6H2,(H,17,19). The number of furan rings is 1. The Morgan fingerprint density at radius 1 is 1.24 bits per heavy atom. The van der Waals surface area contributed by atoms with Gasteiger partial charge in [0.1, 0.15) is 5.75 Å². The molecule has 21 heavy (non-hydrogen) atoms. The molecule has 1 heterocycles. The zero-order valence-corrected chi connectivity index (χ0v) is 12.3. The molecule has 2 aromatic rings. The fraction of sp³-hybridized carbons (Fsp3) is 0.143. The van der Waals surface area contributed by atoms with Crippen LogP contribution in [0.5, 0.6) is 5.75 Å².